The Kier molecular flexibility index (Phi) is 3.12. The molecule has 0 spiro atoms. The maximum Gasteiger partial charge on any atom is 0.263 e. The van der Waals surface area contributed by atoms with Gasteiger partial charge in [0.25, 0.3) is 5.56 Å². The summed E-state index contributed by atoms with van der Waals surface area (Å²) in [4.78, 5) is 32.9. The van der Waals surface area contributed by atoms with Crippen LogP contribution in [0, 0.1) is 6.92 Å². The standard InChI is InChI=1S/C15H17N3O2/c1-9-12-7-16-8-17-14(12)18(11-5-3-4-6-11)15(20)13(9)10(2)19/h7-8,11H,3-6H2,1-2H3. The summed E-state index contributed by atoms with van der Waals surface area (Å²) in [6, 6.07) is 0.151. The zero-order valence-corrected chi connectivity index (χ0v) is 11.7. The second-order valence-electron chi connectivity index (χ2n) is 5.43. The molecule has 0 aliphatic heterocycles. The van der Waals surface area contributed by atoms with Gasteiger partial charge in [0, 0.05) is 17.6 Å². The van der Waals surface area contributed by atoms with Gasteiger partial charge in [0.1, 0.15) is 12.0 Å². The number of hydrogen-bond donors (Lipinski definition) is 0. The maximum absolute atomic E-state index is 12.7. The second kappa shape index (κ2) is 4.81. The number of carbonyl (C=O) groups excluding carboxylic acids is 1. The first-order valence-electron chi connectivity index (χ1n) is 6.97. The molecule has 1 aliphatic carbocycles. The molecule has 0 unspecified atom stereocenters. The summed E-state index contributed by atoms with van der Waals surface area (Å²) in [5.41, 5.74) is 1.42. The summed E-state index contributed by atoms with van der Waals surface area (Å²) in [7, 11) is 0. The highest BCUT2D eigenvalue weighted by atomic mass is 16.1. The Morgan fingerprint density at radius 2 is 2.05 bits per heavy atom. The van der Waals surface area contributed by atoms with E-state index in [0.29, 0.717) is 11.2 Å². The molecule has 5 heteroatoms. The van der Waals surface area contributed by atoms with E-state index in [1.54, 1.807) is 17.7 Å². The number of nitrogens with zero attached hydrogens (tertiary/aromatic N) is 3. The zero-order valence-electron chi connectivity index (χ0n) is 11.7. The molecule has 1 fully saturated rings. The smallest absolute Gasteiger partial charge is 0.263 e. The van der Waals surface area contributed by atoms with Crippen molar-refractivity contribution in [3.8, 4) is 0 Å². The van der Waals surface area contributed by atoms with Crippen molar-refractivity contribution in [1.82, 2.24) is 14.5 Å². The molecule has 0 saturated heterocycles. The average Bonchev–Trinajstić information content (AvgIpc) is 2.92. The van der Waals surface area contributed by atoms with E-state index in [2.05, 4.69) is 9.97 Å². The molecule has 0 N–H and O–H groups in total. The third-order valence-corrected chi connectivity index (χ3v) is 4.17. The first-order chi connectivity index (χ1) is 9.61. The Balaban J connectivity index is 2.42. The number of fused-ring (bicyclic) bond motifs is 1. The average molecular weight is 271 g/mol. The molecule has 104 valence electrons. The predicted octanol–water partition coefficient (Wildman–Crippen LogP) is 2.42. The van der Waals surface area contributed by atoms with Crippen molar-refractivity contribution in [3.63, 3.8) is 0 Å². The molecule has 5 nitrogen and oxygen atoms in total. The quantitative estimate of drug-likeness (QED) is 0.787. The highest BCUT2D eigenvalue weighted by Crippen LogP contribution is 2.31. The van der Waals surface area contributed by atoms with Crippen LogP contribution in [0.25, 0.3) is 11.0 Å². The van der Waals surface area contributed by atoms with Gasteiger partial charge >= 0.3 is 0 Å². The summed E-state index contributed by atoms with van der Waals surface area (Å²) in [6.45, 7) is 3.24. The molecule has 1 saturated carbocycles. The lowest BCUT2D eigenvalue weighted by Gasteiger charge is -2.18. The van der Waals surface area contributed by atoms with Crippen LogP contribution in [-0.2, 0) is 0 Å². The van der Waals surface area contributed by atoms with E-state index in [9.17, 15) is 9.59 Å². The Hall–Kier alpha value is -2.04. The molecule has 1 aliphatic rings. The Bertz CT molecular complexity index is 743. The zero-order chi connectivity index (χ0) is 14.3. The molecular weight excluding hydrogens is 254 g/mol. The van der Waals surface area contributed by atoms with Crippen molar-refractivity contribution in [3.05, 3.63) is 34.0 Å². The molecule has 0 bridgehead atoms. The molecule has 2 aromatic heterocycles. The third-order valence-electron chi connectivity index (χ3n) is 4.17. The lowest BCUT2D eigenvalue weighted by Crippen LogP contribution is -2.30. The summed E-state index contributed by atoms with van der Waals surface area (Å²) < 4.78 is 1.72. The van der Waals surface area contributed by atoms with E-state index >= 15 is 0 Å². The van der Waals surface area contributed by atoms with Gasteiger partial charge in [-0.1, -0.05) is 12.8 Å². The van der Waals surface area contributed by atoms with Crippen LogP contribution in [0.3, 0.4) is 0 Å². The summed E-state index contributed by atoms with van der Waals surface area (Å²) in [6.07, 6.45) is 7.33. The monoisotopic (exact) mass is 271 g/mol. The number of rotatable bonds is 2. The van der Waals surface area contributed by atoms with Crippen LogP contribution in [0.2, 0.25) is 0 Å². The van der Waals surface area contributed by atoms with Crippen LogP contribution in [0.4, 0.5) is 0 Å². The first-order valence-corrected chi connectivity index (χ1v) is 6.97. The number of aryl methyl sites for hydroxylation is 1. The number of aromatic nitrogens is 3. The summed E-state index contributed by atoms with van der Waals surface area (Å²) in [5, 5.41) is 0.796. The number of hydrogen-bond acceptors (Lipinski definition) is 4. The van der Waals surface area contributed by atoms with Crippen molar-refractivity contribution in [1.29, 1.82) is 0 Å². The van der Waals surface area contributed by atoms with Gasteiger partial charge in [0.05, 0.1) is 5.56 Å². The van der Waals surface area contributed by atoms with Gasteiger partial charge in [0.2, 0.25) is 0 Å². The molecule has 0 aromatic carbocycles. The van der Waals surface area contributed by atoms with Crippen LogP contribution < -0.4 is 5.56 Å². The van der Waals surface area contributed by atoms with Crippen molar-refractivity contribution in [2.24, 2.45) is 0 Å². The normalized spacial score (nSPS) is 15.9. The van der Waals surface area contributed by atoms with Gasteiger partial charge in [-0.05, 0) is 32.3 Å². The van der Waals surface area contributed by atoms with Crippen LogP contribution in [0.15, 0.2) is 17.3 Å². The van der Waals surface area contributed by atoms with Gasteiger partial charge in [0.15, 0.2) is 5.78 Å². The molecule has 20 heavy (non-hydrogen) atoms. The number of carbonyl (C=O) groups is 1. The number of ketones is 1. The molecule has 3 rings (SSSR count). The molecule has 2 heterocycles. The molecule has 0 atom stereocenters. The fourth-order valence-corrected chi connectivity index (χ4v) is 3.21. The largest absolute Gasteiger partial charge is 0.294 e. The SMILES string of the molecule is CC(=O)c1c(C)c2cncnc2n(C2CCCC2)c1=O. The van der Waals surface area contributed by atoms with Crippen molar-refractivity contribution >= 4 is 16.8 Å². The lowest BCUT2D eigenvalue weighted by atomic mass is 10.0. The molecule has 0 radical (unpaired) electrons. The van der Waals surface area contributed by atoms with Crippen LogP contribution in [0.5, 0.6) is 0 Å². The highest BCUT2D eigenvalue weighted by Gasteiger charge is 2.25. The number of pyridine rings is 1. The van der Waals surface area contributed by atoms with Gasteiger partial charge in [-0.2, -0.15) is 0 Å². The third kappa shape index (κ3) is 1.85. The van der Waals surface area contributed by atoms with Crippen molar-refractivity contribution < 1.29 is 4.79 Å². The van der Waals surface area contributed by atoms with E-state index < -0.39 is 0 Å². The lowest BCUT2D eigenvalue weighted by molar-refractivity contribution is 0.101. The van der Waals surface area contributed by atoms with E-state index in [1.807, 2.05) is 0 Å². The number of Topliss-reactive ketones (excluding diaryl/α,β-unsaturated/α-hetero) is 1. The van der Waals surface area contributed by atoms with Crippen LogP contribution >= 0.6 is 0 Å². The topological polar surface area (TPSA) is 64.8 Å². The summed E-state index contributed by atoms with van der Waals surface area (Å²) in [5.74, 6) is -0.190. The minimum Gasteiger partial charge on any atom is -0.294 e. The minimum absolute atomic E-state index is 0.151. The van der Waals surface area contributed by atoms with E-state index in [4.69, 9.17) is 0 Å². The van der Waals surface area contributed by atoms with E-state index in [1.165, 1.54) is 13.3 Å². The highest BCUT2D eigenvalue weighted by molar-refractivity contribution is 5.99. The fourth-order valence-electron chi connectivity index (χ4n) is 3.21. The maximum atomic E-state index is 12.7. The Morgan fingerprint density at radius 3 is 2.70 bits per heavy atom. The van der Waals surface area contributed by atoms with E-state index in [0.717, 1.165) is 31.1 Å². The summed E-state index contributed by atoms with van der Waals surface area (Å²) >= 11 is 0. The Labute approximate surface area is 116 Å². The second-order valence-corrected chi connectivity index (χ2v) is 5.43. The van der Waals surface area contributed by atoms with Crippen LogP contribution in [-0.4, -0.2) is 20.3 Å². The van der Waals surface area contributed by atoms with Crippen molar-refractivity contribution in [2.75, 3.05) is 0 Å². The molecule has 2 aromatic rings. The fraction of sp³-hybridized carbons (Fsp3) is 0.467. The minimum atomic E-state index is -0.201. The Morgan fingerprint density at radius 1 is 1.35 bits per heavy atom. The molecular formula is C15H17N3O2. The van der Waals surface area contributed by atoms with Gasteiger partial charge < -0.3 is 0 Å². The van der Waals surface area contributed by atoms with Gasteiger partial charge in [-0.15, -0.1) is 0 Å². The first kappa shape index (κ1) is 13.0. The van der Waals surface area contributed by atoms with Crippen molar-refractivity contribution in [2.45, 2.75) is 45.6 Å². The van der Waals surface area contributed by atoms with Gasteiger partial charge in [-0.3, -0.25) is 14.2 Å². The molecule has 0 amide bonds. The predicted molar refractivity (Wildman–Crippen MR) is 76.0 cm³/mol. The van der Waals surface area contributed by atoms with E-state index in [-0.39, 0.29) is 22.9 Å². The van der Waals surface area contributed by atoms with Gasteiger partial charge in [-0.25, -0.2) is 9.97 Å². The van der Waals surface area contributed by atoms with Crippen LogP contribution in [0.1, 0.15) is 54.6 Å².